The summed E-state index contributed by atoms with van der Waals surface area (Å²) in [6, 6.07) is 21.3. The van der Waals surface area contributed by atoms with Gasteiger partial charge in [-0.3, -0.25) is 4.90 Å². The summed E-state index contributed by atoms with van der Waals surface area (Å²) in [6.07, 6.45) is 2.33. The van der Waals surface area contributed by atoms with Crippen LogP contribution >= 0.6 is 0 Å². The van der Waals surface area contributed by atoms with Gasteiger partial charge in [-0.15, -0.1) is 0 Å². The maximum atomic E-state index is 4.34. The van der Waals surface area contributed by atoms with E-state index < -0.39 is 0 Å². The fourth-order valence-corrected chi connectivity index (χ4v) is 3.30. The maximum Gasteiger partial charge on any atom is 0.0929 e. The Morgan fingerprint density at radius 3 is 2.48 bits per heavy atom. The van der Waals surface area contributed by atoms with Crippen LogP contribution < -0.4 is 0 Å². The monoisotopic (exact) mass is 327 g/mol. The fourth-order valence-electron chi connectivity index (χ4n) is 3.30. The van der Waals surface area contributed by atoms with Crippen LogP contribution in [-0.2, 0) is 6.54 Å². The van der Waals surface area contributed by atoms with Gasteiger partial charge in [0.1, 0.15) is 0 Å². The molecule has 3 nitrogen and oxygen atoms in total. The van der Waals surface area contributed by atoms with Crippen LogP contribution in [0.1, 0.15) is 22.4 Å². The third-order valence-corrected chi connectivity index (χ3v) is 4.62. The van der Waals surface area contributed by atoms with Gasteiger partial charge in [-0.1, -0.05) is 48.5 Å². The number of hydrogen-bond donors (Lipinski definition) is 0. The van der Waals surface area contributed by atoms with Crippen molar-refractivity contribution in [2.45, 2.75) is 13.5 Å². The standard InChI is InChI=1S/C22H21N3/c1-16-8-11-22(24-23-16)18-9-10-20-19(14-18)15-25(2)13-12-21(20)17-6-4-3-5-7-17/h3-12,14H,13,15H2,1-2H3. The molecule has 2 aromatic carbocycles. The highest BCUT2D eigenvalue weighted by Gasteiger charge is 2.16. The summed E-state index contributed by atoms with van der Waals surface area (Å²) in [5.41, 5.74) is 8.19. The second kappa shape index (κ2) is 6.61. The Bertz CT molecular complexity index is 912. The molecule has 25 heavy (non-hydrogen) atoms. The van der Waals surface area contributed by atoms with Crippen molar-refractivity contribution in [3.8, 4) is 11.3 Å². The van der Waals surface area contributed by atoms with Crippen molar-refractivity contribution in [2.75, 3.05) is 13.6 Å². The van der Waals surface area contributed by atoms with Crippen LogP contribution in [-0.4, -0.2) is 28.7 Å². The van der Waals surface area contributed by atoms with Gasteiger partial charge < -0.3 is 0 Å². The lowest BCUT2D eigenvalue weighted by Crippen LogP contribution is -2.16. The normalized spacial score (nSPS) is 14.6. The van der Waals surface area contributed by atoms with Crippen molar-refractivity contribution in [3.05, 3.63) is 89.1 Å². The number of aromatic nitrogens is 2. The van der Waals surface area contributed by atoms with Crippen LogP contribution in [0.5, 0.6) is 0 Å². The summed E-state index contributed by atoms with van der Waals surface area (Å²) < 4.78 is 0. The van der Waals surface area contributed by atoms with E-state index in [0.29, 0.717) is 0 Å². The largest absolute Gasteiger partial charge is 0.298 e. The SMILES string of the molecule is Cc1ccc(-c2ccc3c(c2)CN(C)CC=C3c2ccccc2)nn1. The molecule has 0 saturated carbocycles. The molecule has 0 saturated heterocycles. The number of aryl methyl sites for hydroxylation is 1. The van der Waals surface area contributed by atoms with Crippen molar-refractivity contribution in [2.24, 2.45) is 0 Å². The summed E-state index contributed by atoms with van der Waals surface area (Å²) in [5.74, 6) is 0. The highest BCUT2D eigenvalue weighted by atomic mass is 15.1. The zero-order chi connectivity index (χ0) is 17.2. The average molecular weight is 327 g/mol. The lowest BCUT2D eigenvalue weighted by molar-refractivity contribution is 0.366. The second-order valence-corrected chi connectivity index (χ2v) is 6.61. The van der Waals surface area contributed by atoms with Crippen molar-refractivity contribution < 1.29 is 0 Å². The van der Waals surface area contributed by atoms with Gasteiger partial charge in [0.05, 0.1) is 11.4 Å². The molecule has 0 aliphatic carbocycles. The van der Waals surface area contributed by atoms with Gasteiger partial charge >= 0.3 is 0 Å². The van der Waals surface area contributed by atoms with E-state index in [-0.39, 0.29) is 0 Å². The molecule has 0 radical (unpaired) electrons. The Morgan fingerprint density at radius 2 is 1.72 bits per heavy atom. The van der Waals surface area contributed by atoms with Crippen molar-refractivity contribution >= 4 is 5.57 Å². The van der Waals surface area contributed by atoms with Crippen LogP contribution in [0.4, 0.5) is 0 Å². The van der Waals surface area contributed by atoms with Gasteiger partial charge in [0.2, 0.25) is 0 Å². The number of benzene rings is 2. The molecule has 124 valence electrons. The third-order valence-electron chi connectivity index (χ3n) is 4.62. The summed E-state index contributed by atoms with van der Waals surface area (Å²) in [4.78, 5) is 2.33. The summed E-state index contributed by atoms with van der Waals surface area (Å²) in [6.45, 7) is 3.83. The molecule has 0 bridgehead atoms. The summed E-state index contributed by atoms with van der Waals surface area (Å²) in [5, 5.41) is 8.53. The average Bonchev–Trinajstić information content (AvgIpc) is 2.80. The van der Waals surface area contributed by atoms with Crippen molar-refractivity contribution in [1.29, 1.82) is 0 Å². The molecular weight excluding hydrogens is 306 g/mol. The number of hydrogen-bond acceptors (Lipinski definition) is 3. The molecule has 0 spiro atoms. The Morgan fingerprint density at radius 1 is 0.880 bits per heavy atom. The molecule has 0 unspecified atom stereocenters. The lowest BCUT2D eigenvalue weighted by Gasteiger charge is -2.15. The van der Waals surface area contributed by atoms with E-state index in [2.05, 4.69) is 76.8 Å². The van der Waals surface area contributed by atoms with Gasteiger partial charge in [0.15, 0.2) is 0 Å². The minimum Gasteiger partial charge on any atom is -0.298 e. The van der Waals surface area contributed by atoms with E-state index in [4.69, 9.17) is 0 Å². The van der Waals surface area contributed by atoms with E-state index in [9.17, 15) is 0 Å². The number of nitrogens with zero attached hydrogens (tertiary/aromatic N) is 3. The second-order valence-electron chi connectivity index (χ2n) is 6.61. The van der Waals surface area contributed by atoms with Crippen LogP contribution in [0, 0.1) is 6.92 Å². The molecule has 1 aliphatic rings. The Hall–Kier alpha value is -2.78. The molecular formula is C22H21N3. The van der Waals surface area contributed by atoms with E-state index in [0.717, 1.165) is 30.0 Å². The lowest BCUT2D eigenvalue weighted by atomic mass is 9.92. The zero-order valence-electron chi connectivity index (χ0n) is 14.6. The fraction of sp³-hybridized carbons (Fsp3) is 0.182. The highest BCUT2D eigenvalue weighted by molar-refractivity contribution is 5.83. The quantitative estimate of drug-likeness (QED) is 0.701. The molecule has 0 atom stereocenters. The number of rotatable bonds is 2. The minimum absolute atomic E-state index is 0.922. The van der Waals surface area contributed by atoms with Gasteiger partial charge in [0.25, 0.3) is 0 Å². The van der Waals surface area contributed by atoms with Gasteiger partial charge in [-0.25, -0.2) is 0 Å². The predicted octanol–water partition coefficient (Wildman–Crippen LogP) is 4.33. The number of fused-ring (bicyclic) bond motifs is 1. The van der Waals surface area contributed by atoms with Crippen molar-refractivity contribution in [1.82, 2.24) is 15.1 Å². The molecule has 1 aromatic heterocycles. The van der Waals surface area contributed by atoms with E-state index >= 15 is 0 Å². The van der Waals surface area contributed by atoms with Gasteiger partial charge in [-0.05, 0) is 54.4 Å². The summed E-state index contributed by atoms with van der Waals surface area (Å²) in [7, 11) is 2.16. The zero-order valence-corrected chi connectivity index (χ0v) is 14.6. The molecule has 1 aliphatic heterocycles. The van der Waals surface area contributed by atoms with Crippen LogP contribution in [0.25, 0.3) is 16.8 Å². The molecule has 0 fully saturated rings. The molecule has 2 heterocycles. The predicted molar refractivity (Wildman–Crippen MR) is 102 cm³/mol. The van der Waals surface area contributed by atoms with Gasteiger partial charge in [0, 0.05) is 18.7 Å². The number of likely N-dealkylation sites (N-methyl/N-ethyl adjacent to an activating group) is 1. The first-order valence-electron chi connectivity index (χ1n) is 8.59. The molecule has 3 aromatic rings. The van der Waals surface area contributed by atoms with E-state index in [1.54, 1.807) is 0 Å². The van der Waals surface area contributed by atoms with E-state index in [1.165, 1.54) is 22.3 Å². The topological polar surface area (TPSA) is 29.0 Å². The first-order valence-corrected chi connectivity index (χ1v) is 8.59. The first kappa shape index (κ1) is 15.7. The van der Waals surface area contributed by atoms with Crippen LogP contribution in [0.2, 0.25) is 0 Å². The Kier molecular flexibility index (Phi) is 4.16. The van der Waals surface area contributed by atoms with E-state index in [1.807, 2.05) is 19.1 Å². The molecule has 0 amide bonds. The Labute approximate surface area is 148 Å². The molecule has 4 rings (SSSR count). The molecule has 0 N–H and O–H groups in total. The minimum atomic E-state index is 0.922. The summed E-state index contributed by atoms with van der Waals surface area (Å²) >= 11 is 0. The van der Waals surface area contributed by atoms with Crippen LogP contribution in [0.3, 0.4) is 0 Å². The maximum absolute atomic E-state index is 4.34. The van der Waals surface area contributed by atoms with Gasteiger partial charge in [-0.2, -0.15) is 10.2 Å². The van der Waals surface area contributed by atoms with Crippen molar-refractivity contribution in [3.63, 3.8) is 0 Å². The third kappa shape index (κ3) is 3.24. The van der Waals surface area contributed by atoms with Crippen LogP contribution in [0.15, 0.2) is 66.7 Å². The Balaban J connectivity index is 1.81. The first-order chi connectivity index (χ1) is 12.2. The highest BCUT2D eigenvalue weighted by Crippen LogP contribution is 2.32. The molecule has 3 heteroatoms. The smallest absolute Gasteiger partial charge is 0.0929 e.